The maximum Gasteiger partial charge on any atom is 0.406 e. The maximum atomic E-state index is 10.8. The van der Waals surface area contributed by atoms with E-state index in [4.69, 9.17) is 0 Å². The second kappa shape index (κ2) is 3.56. The Morgan fingerprint density at radius 2 is 2.31 bits per heavy atom. The molecule has 2 fully saturated rings. The van der Waals surface area contributed by atoms with Gasteiger partial charge in [0.15, 0.2) is 0 Å². The molecule has 0 heterocycles. The third-order valence-electron chi connectivity index (χ3n) is 3.58. The molecular formula is C10H17NO2. The van der Waals surface area contributed by atoms with Gasteiger partial charge in [-0.1, -0.05) is 6.42 Å². The van der Waals surface area contributed by atoms with E-state index >= 15 is 0 Å². The van der Waals surface area contributed by atoms with Crippen LogP contribution >= 0.6 is 0 Å². The van der Waals surface area contributed by atoms with Gasteiger partial charge in [-0.3, -0.25) is 0 Å². The minimum Gasteiger partial charge on any atom is -0.453 e. The molecule has 3 unspecified atom stereocenters. The van der Waals surface area contributed by atoms with Crippen molar-refractivity contribution in [2.24, 2.45) is 17.8 Å². The normalized spacial score (nSPS) is 36.2. The zero-order valence-electron chi connectivity index (χ0n) is 8.08. The summed E-state index contributed by atoms with van der Waals surface area (Å²) in [4.78, 5) is 10.8. The number of rotatable bonds is 2. The highest BCUT2D eigenvalue weighted by atomic mass is 16.5. The number of alkyl carbamates (subject to hydrolysis) is 1. The van der Waals surface area contributed by atoms with Crippen molar-refractivity contribution >= 4 is 6.09 Å². The van der Waals surface area contributed by atoms with Crippen molar-refractivity contribution in [2.75, 3.05) is 13.7 Å². The molecule has 1 amide bonds. The number of hydrogen-bond donors (Lipinski definition) is 1. The summed E-state index contributed by atoms with van der Waals surface area (Å²) in [7, 11) is 1.41. The zero-order valence-corrected chi connectivity index (χ0v) is 8.08. The highest BCUT2D eigenvalue weighted by Gasteiger charge is 2.39. The standard InChI is InChI=1S/C10H17NO2/c1-13-10(12)11-6-9-5-7-2-3-8(9)4-7/h7-9H,2-6H2,1H3,(H,11,12). The first-order valence-electron chi connectivity index (χ1n) is 5.11. The third kappa shape index (κ3) is 1.79. The van der Waals surface area contributed by atoms with Gasteiger partial charge in [-0.15, -0.1) is 0 Å². The van der Waals surface area contributed by atoms with Crippen LogP contribution in [0.3, 0.4) is 0 Å². The molecule has 1 N–H and O–H groups in total. The van der Waals surface area contributed by atoms with Crippen LogP contribution in [0.25, 0.3) is 0 Å². The van der Waals surface area contributed by atoms with Crippen LogP contribution < -0.4 is 5.32 Å². The molecule has 0 spiro atoms. The Balaban J connectivity index is 1.74. The van der Waals surface area contributed by atoms with Gasteiger partial charge < -0.3 is 10.1 Å². The molecular weight excluding hydrogens is 166 g/mol. The summed E-state index contributed by atoms with van der Waals surface area (Å²) in [6.45, 7) is 0.813. The molecule has 2 bridgehead atoms. The molecule has 3 heteroatoms. The second-order valence-corrected chi connectivity index (χ2v) is 4.31. The van der Waals surface area contributed by atoms with Crippen LogP contribution in [0.4, 0.5) is 4.79 Å². The van der Waals surface area contributed by atoms with Crippen LogP contribution in [0.15, 0.2) is 0 Å². The van der Waals surface area contributed by atoms with Crippen molar-refractivity contribution in [1.29, 1.82) is 0 Å². The van der Waals surface area contributed by atoms with Crippen LogP contribution in [0.2, 0.25) is 0 Å². The number of carbonyl (C=O) groups is 1. The highest BCUT2D eigenvalue weighted by molar-refractivity contribution is 5.66. The lowest BCUT2D eigenvalue weighted by molar-refractivity contribution is 0.166. The lowest BCUT2D eigenvalue weighted by Crippen LogP contribution is -2.31. The van der Waals surface area contributed by atoms with Crippen molar-refractivity contribution in [1.82, 2.24) is 5.32 Å². The summed E-state index contributed by atoms with van der Waals surface area (Å²) in [5.74, 6) is 2.55. The number of fused-ring (bicyclic) bond motifs is 2. The molecule has 2 aliphatic carbocycles. The van der Waals surface area contributed by atoms with Gasteiger partial charge in [0.25, 0.3) is 0 Å². The van der Waals surface area contributed by atoms with E-state index in [1.807, 2.05) is 0 Å². The van der Waals surface area contributed by atoms with Gasteiger partial charge in [0.1, 0.15) is 0 Å². The predicted octanol–water partition coefficient (Wildman–Crippen LogP) is 1.78. The molecule has 3 atom stereocenters. The molecule has 0 saturated heterocycles. The van der Waals surface area contributed by atoms with Crippen LogP contribution in [0, 0.1) is 17.8 Å². The van der Waals surface area contributed by atoms with Gasteiger partial charge in [0.05, 0.1) is 7.11 Å². The minimum atomic E-state index is -0.289. The van der Waals surface area contributed by atoms with Gasteiger partial charge in [0.2, 0.25) is 0 Å². The van der Waals surface area contributed by atoms with E-state index in [0.717, 1.165) is 24.3 Å². The summed E-state index contributed by atoms with van der Waals surface area (Å²) in [5.41, 5.74) is 0. The number of amides is 1. The van der Waals surface area contributed by atoms with Crippen molar-refractivity contribution < 1.29 is 9.53 Å². The molecule has 3 nitrogen and oxygen atoms in total. The monoisotopic (exact) mass is 183 g/mol. The number of hydrogen-bond acceptors (Lipinski definition) is 2. The second-order valence-electron chi connectivity index (χ2n) is 4.31. The summed E-state index contributed by atoms with van der Waals surface area (Å²) in [6, 6.07) is 0. The van der Waals surface area contributed by atoms with Crippen molar-refractivity contribution in [3.63, 3.8) is 0 Å². The predicted molar refractivity (Wildman–Crippen MR) is 49.3 cm³/mol. The first-order valence-corrected chi connectivity index (χ1v) is 5.11. The fourth-order valence-corrected chi connectivity index (χ4v) is 2.91. The van der Waals surface area contributed by atoms with Gasteiger partial charge >= 0.3 is 6.09 Å². The largest absolute Gasteiger partial charge is 0.453 e. The molecule has 13 heavy (non-hydrogen) atoms. The van der Waals surface area contributed by atoms with Crippen LogP contribution in [-0.2, 0) is 4.74 Å². The van der Waals surface area contributed by atoms with Crippen LogP contribution in [-0.4, -0.2) is 19.7 Å². The van der Waals surface area contributed by atoms with E-state index in [-0.39, 0.29) is 6.09 Å². The smallest absolute Gasteiger partial charge is 0.406 e. The molecule has 0 aromatic carbocycles. The zero-order chi connectivity index (χ0) is 9.26. The number of carbonyl (C=O) groups excluding carboxylic acids is 1. The fraction of sp³-hybridized carbons (Fsp3) is 0.900. The molecule has 2 rings (SSSR count). The maximum absolute atomic E-state index is 10.8. The third-order valence-corrected chi connectivity index (χ3v) is 3.58. The van der Waals surface area contributed by atoms with E-state index in [2.05, 4.69) is 10.1 Å². The SMILES string of the molecule is COC(=O)NCC1CC2CCC1C2. The van der Waals surface area contributed by atoms with E-state index in [9.17, 15) is 4.79 Å². The molecule has 2 saturated carbocycles. The average molecular weight is 183 g/mol. The van der Waals surface area contributed by atoms with Crippen LogP contribution in [0.5, 0.6) is 0 Å². The number of methoxy groups -OCH3 is 1. The van der Waals surface area contributed by atoms with Crippen molar-refractivity contribution in [3.05, 3.63) is 0 Å². The lowest BCUT2D eigenvalue weighted by atomic mass is 9.89. The van der Waals surface area contributed by atoms with Gasteiger partial charge in [-0.05, 0) is 37.0 Å². The van der Waals surface area contributed by atoms with E-state index in [1.165, 1.54) is 32.8 Å². The molecule has 0 aromatic rings. The molecule has 0 aromatic heterocycles. The Bertz CT molecular complexity index is 205. The van der Waals surface area contributed by atoms with Gasteiger partial charge in [-0.25, -0.2) is 4.79 Å². The minimum absolute atomic E-state index is 0.289. The summed E-state index contributed by atoms with van der Waals surface area (Å²) in [5, 5.41) is 2.80. The highest BCUT2D eigenvalue weighted by Crippen LogP contribution is 2.47. The van der Waals surface area contributed by atoms with E-state index < -0.39 is 0 Å². The van der Waals surface area contributed by atoms with E-state index in [1.54, 1.807) is 0 Å². The Labute approximate surface area is 78.8 Å². The Kier molecular flexibility index (Phi) is 2.42. The molecule has 0 aliphatic heterocycles. The topological polar surface area (TPSA) is 38.3 Å². The van der Waals surface area contributed by atoms with Gasteiger partial charge in [0, 0.05) is 6.54 Å². The Morgan fingerprint density at radius 1 is 1.46 bits per heavy atom. The summed E-state index contributed by atoms with van der Waals surface area (Å²) < 4.78 is 4.54. The molecule has 0 radical (unpaired) electrons. The summed E-state index contributed by atoms with van der Waals surface area (Å²) in [6.07, 6.45) is 5.21. The van der Waals surface area contributed by atoms with Gasteiger partial charge in [-0.2, -0.15) is 0 Å². The Hall–Kier alpha value is -0.730. The first-order chi connectivity index (χ1) is 6.29. The summed E-state index contributed by atoms with van der Waals surface area (Å²) >= 11 is 0. The Morgan fingerprint density at radius 3 is 2.85 bits per heavy atom. The van der Waals surface area contributed by atoms with E-state index in [0.29, 0.717) is 0 Å². The molecule has 2 aliphatic rings. The number of ether oxygens (including phenoxy) is 1. The lowest BCUT2D eigenvalue weighted by Gasteiger charge is -2.21. The number of nitrogens with one attached hydrogen (secondary N) is 1. The van der Waals surface area contributed by atoms with Crippen molar-refractivity contribution in [2.45, 2.75) is 25.7 Å². The first kappa shape index (κ1) is 8.85. The molecule has 74 valence electrons. The van der Waals surface area contributed by atoms with Crippen molar-refractivity contribution in [3.8, 4) is 0 Å². The average Bonchev–Trinajstić information content (AvgIpc) is 2.74. The quantitative estimate of drug-likeness (QED) is 0.708. The van der Waals surface area contributed by atoms with Crippen LogP contribution in [0.1, 0.15) is 25.7 Å². The fourth-order valence-electron chi connectivity index (χ4n) is 2.91.